The summed E-state index contributed by atoms with van der Waals surface area (Å²) in [5, 5.41) is 0. The summed E-state index contributed by atoms with van der Waals surface area (Å²) in [5.41, 5.74) is 8.92. The highest BCUT2D eigenvalue weighted by Crippen LogP contribution is 2.17. The molecule has 0 fully saturated rings. The predicted molar refractivity (Wildman–Crippen MR) is 72.2 cm³/mol. The van der Waals surface area contributed by atoms with Crippen LogP contribution < -0.4 is 5.73 Å². The average Bonchev–Trinajstić information content (AvgIpc) is 2.29. The van der Waals surface area contributed by atoms with E-state index in [1.54, 1.807) is 0 Å². The van der Waals surface area contributed by atoms with E-state index >= 15 is 0 Å². The zero-order chi connectivity index (χ0) is 12.1. The lowest BCUT2D eigenvalue weighted by Crippen LogP contribution is -2.05. The first-order valence-corrected chi connectivity index (χ1v) is 5.71. The summed E-state index contributed by atoms with van der Waals surface area (Å²) in [6, 6.07) is 4.06. The van der Waals surface area contributed by atoms with Gasteiger partial charge in [-0.1, -0.05) is 48.6 Å². The van der Waals surface area contributed by atoms with Gasteiger partial charge in [0.05, 0.1) is 5.69 Å². The molecule has 1 aliphatic carbocycles. The Hall–Kier alpha value is -1.93. The molecule has 0 saturated carbocycles. The molecule has 2 nitrogen and oxygen atoms in total. The molecule has 0 radical (unpaired) electrons. The Balaban J connectivity index is 2.28. The molecule has 1 aromatic heterocycles. The summed E-state index contributed by atoms with van der Waals surface area (Å²) >= 11 is 0. The highest BCUT2D eigenvalue weighted by molar-refractivity contribution is 5.73. The van der Waals surface area contributed by atoms with Gasteiger partial charge in [-0.15, -0.1) is 0 Å². The third-order valence-electron chi connectivity index (χ3n) is 2.60. The summed E-state index contributed by atoms with van der Waals surface area (Å²) < 4.78 is 0. The summed E-state index contributed by atoms with van der Waals surface area (Å²) in [4.78, 5) is 4.44. The molecule has 0 spiro atoms. The van der Waals surface area contributed by atoms with Crippen molar-refractivity contribution < 1.29 is 0 Å². The minimum Gasteiger partial charge on any atom is -0.324 e. The Bertz CT molecular complexity index is 488. The van der Waals surface area contributed by atoms with Crippen molar-refractivity contribution in [2.24, 2.45) is 5.73 Å². The average molecular weight is 224 g/mol. The maximum absolute atomic E-state index is 5.80. The molecule has 86 valence electrons. The van der Waals surface area contributed by atoms with Gasteiger partial charge in [0.2, 0.25) is 0 Å². The van der Waals surface area contributed by atoms with Crippen molar-refractivity contribution in [3.63, 3.8) is 0 Å². The number of hydrogen-bond acceptors (Lipinski definition) is 2. The van der Waals surface area contributed by atoms with Crippen molar-refractivity contribution in [3.8, 4) is 0 Å². The Morgan fingerprint density at radius 1 is 1.06 bits per heavy atom. The van der Waals surface area contributed by atoms with Crippen LogP contribution in [0.1, 0.15) is 24.2 Å². The van der Waals surface area contributed by atoms with Crippen LogP contribution in [0.25, 0.3) is 5.57 Å². The SMILES string of the molecule is C[C@H](N)c1ccc(C2=C/C=C\C=C/C=C2)nc1. The Morgan fingerprint density at radius 3 is 2.53 bits per heavy atom. The molecule has 0 aliphatic heterocycles. The van der Waals surface area contributed by atoms with E-state index in [9.17, 15) is 0 Å². The molecule has 17 heavy (non-hydrogen) atoms. The van der Waals surface area contributed by atoms with Crippen molar-refractivity contribution in [1.82, 2.24) is 4.98 Å². The molecule has 2 N–H and O–H groups in total. The lowest BCUT2D eigenvalue weighted by molar-refractivity contribution is 0.811. The summed E-state index contributed by atoms with van der Waals surface area (Å²) in [7, 11) is 0. The Labute approximate surface area is 102 Å². The topological polar surface area (TPSA) is 38.9 Å². The van der Waals surface area contributed by atoms with Crippen LogP contribution in [0.5, 0.6) is 0 Å². The number of nitrogens with zero attached hydrogens (tertiary/aromatic N) is 1. The number of aromatic nitrogens is 1. The fourth-order valence-corrected chi connectivity index (χ4v) is 1.58. The van der Waals surface area contributed by atoms with Crippen molar-refractivity contribution in [2.45, 2.75) is 13.0 Å². The smallest absolute Gasteiger partial charge is 0.0702 e. The largest absolute Gasteiger partial charge is 0.324 e. The lowest BCUT2D eigenvalue weighted by Gasteiger charge is -2.06. The second kappa shape index (κ2) is 5.41. The van der Waals surface area contributed by atoms with Gasteiger partial charge >= 0.3 is 0 Å². The molecule has 1 heterocycles. The van der Waals surface area contributed by atoms with Crippen LogP contribution in [0.4, 0.5) is 0 Å². The van der Waals surface area contributed by atoms with Crippen molar-refractivity contribution in [1.29, 1.82) is 0 Å². The lowest BCUT2D eigenvalue weighted by atomic mass is 10.1. The highest BCUT2D eigenvalue weighted by atomic mass is 14.7. The quantitative estimate of drug-likeness (QED) is 0.838. The number of nitrogens with two attached hydrogens (primary N) is 1. The van der Waals surface area contributed by atoms with Crippen LogP contribution in [0.3, 0.4) is 0 Å². The van der Waals surface area contributed by atoms with E-state index in [-0.39, 0.29) is 6.04 Å². The zero-order valence-corrected chi connectivity index (χ0v) is 9.88. The summed E-state index contributed by atoms with van der Waals surface area (Å²) in [6.07, 6.45) is 16.0. The Morgan fingerprint density at radius 2 is 1.82 bits per heavy atom. The fourth-order valence-electron chi connectivity index (χ4n) is 1.58. The van der Waals surface area contributed by atoms with Crippen LogP contribution in [-0.4, -0.2) is 4.98 Å². The zero-order valence-electron chi connectivity index (χ0n) is 9.88. The first-order valence-electron chi connectivity index (χ1n) is 5.71. The van der Waals surface area contributed by atoms with Crippen LogP contribution in [0.15, 0.2) is 60.9 Å². The van der Waals surface area contributed by atoms with Crippen LogP contribution >= 0.6 is 0 Å². The van der Waals surface area contributed by atoms with E-state index in [0.29, 0.717) is 0 Å². The molecule has 0 amide bonds. The predicted octanol–water partition coefficient (Wildman–Crippen LogP) is 3.17. The van der Waals surface area contributed by atoms with Gasteiger partial charge in [0.25, 0.3) is 0 Å². The van der Waals surface area contributed by atoms with Gasteiger partial charge in [0.15, 0.2) is 0 Å². The van der Waals surface area contributed by atoms with Crippen LogP contribution in [-0.2, 0) is 0 Å². The molecule has 0 saturated heterocycles. The maximum Gasteiger partial charge on any atom is 0.0702 e. The number of rotatable bonds is 2. The minimum atomic E-state index is 0.0289. The van der Waals surface area contributed by atoms with Crippen molar-refractivity contribution in [3.05, 3.63) is 72.1 Å². The molecule has 1 atom stereocenters. The van der Waals surface area contributed by atoms with Crippen molar-refractivity contribution in [2.75, 3.05) is 0 Å². The van der Waals surface area contributed by atoms with Gasteiger partial charge in [-0.05, 0) is 18.6 Å². The normalized spacial score (nSPS) is 20.0. The third-order valence-corrected chi connectivity index (χ3v) is 2.60. The number of pyridine rings is 1. The van der Waals surface area contributed by atoms with Crippen LogP contribution in [0, 0.1) is 0 Å². The third kappa shape index (κ3) is 3.02. The molecule has 1 aromatic rings. The first-order chi connectivity index (χ1) is 8.27. The highest BCUT2D eigenvalue weighted by Gasteiger charge is 2.02. The van der Waals surface area contributed by atoms with Gasteiger partial charge in [-0.3, -0.25) is 4.98 Å². The Kier molecular flexibility index (Phi) is 3.68. The van der Waals surface area contributed by atoms with Gasteiger partial charge in [-0.25, -0.2) is 0 Å². The molecule has 0 aromatic carbocycles. The van der Waals surface area contributed by atoms with E-state index in [4.69, 9.17) is 5.73 Å². The van der Waals surface area contributed by atoms with E-state index in [0.717, 1.165) is 16.8 Å². The fraction of sp³-hybridized carbons (Fsp3) is 0.133. The molecular weight excluding hydrogens is 208 g/mol. The minimum absolute atomic E-state index is 0.0289. The first kappa shape index (κ1) is 11.6. The van der Waals surface area contributed by atoms with Crippen molar-refractivity contribution >= 4 is 5.57 Å². The van der Waals surface area contributed by atoms with Crippen LogP contribution in [0.2, 0.25) is 0 Å². The second-order valence-corrected chi connectivity index (χ2v) is 4.02. The van der Waals surface area contributed by atoms with E-state index < -0.39 is 0 Å². The van der Waals surface area contributed by atoms with E-state index in [1.165, 1.54) is 0 Å². The summed E-state index contributed by atoms with van der Waals surface area (Å²) in [6.45, 7) is 1.96. The maximum atomic E-state index is 5.80. The van der Waals surface area contributed by atoms with E-state index in [1.807, 2.05) is 67.8 Å². The summed E-state index contributed by atoms with van der Waals surface area (Å²) in [5.74, 6) is 0. The molecule has 2 rings (SSSR count). The molecule has 2 heteroatoms. The standard InChI is InChI=1S/C15H16N2/c1-12(16)14-9-10-15(17-11-14)13-7-5-3-2-4-6-8-13/h2-12H,16H2,1H3/b3-2-,4-2?,5-3?,6-4-,7-5?,8-6?,13-7?,13-8?/t12-/m0/s1. The van der Waals surface area contributed by atoms with Gasteiger partial charge in [-0.2, -0.15) is 0 Å². The van der Waals surface area contributed by atoms with Gasteiger partial charge < -0.3 is 5.73 Å². The number of allylic oxidation sites excluding steroid dienone is 8. The van der Waals surface area contributed by atoms with Gasteiger partial charge in [0, 0.05) is 17.8 Å². The number of hydrogen-bond donors (Lipinski definition) is 1. The molecule has 1 aliphatic rings. The van der Waals surface area contributed by atoms with E-state index in [2.05, 4.69) is 4.98 Å². The van der Waals surface area contributed by atoms with Gasteiger partial charge in [0.1, 0.15) is 0 Å². The molecular formula is C15H16N2. The second-order valence-electron chi connectivity index (χ2n) is 4.02. The molecule has 0 bridgehead atoms. The monoisotopic (exact) mass is 224 g/mol. The molecule has 0 unspecified atom stereocenters.